The molecule has 9 heteroatoms. The Balaban J connectivity index is 1.42. The number of benzene rings is 2. The summed E-state index contributed by atoms with van der Waals surface area (Å²) in [5, 5.41) is 13.2. The summed E-state index contributed by atoms with van der Waals surface area (Å²) in [6.45, 7) is 0.629. The highest BCUT2D eigenvalue weighted by Crippen LogP contribution is 2.16. The number of amides is 4. The van der Waals surface area contributed by atoms with Crippen molar-refractivity contribution in [2.24, 2.45) is 0 Å². The Morgan fingerprint density at radius 1 is 0.800 bits per heavy atom. The van der Waals surface area contributed by atoms with Gasteiger partial charge in [0.15, 0.2) is 0 Å². The Bertz CT molecular complexity index is 1020. The van der Waals surface area contributed by atoms with Gasteiger partial charge in [-0.2, -0.15) is 0 Å². The number of halogens is 1. The maximum absolute atomic E-state index is 12.2. The molecule has 7 nitrogen and oxygen atoms in total. The molecule has 1 heterocycles. The van der Waals surface area contributed by atoms with Crippen LogP contribution in [0.4, 0.5) is 16.2 Å². The van der Waals surface area contributed by atoms with Gasteiger partial charge in [-0.1, -0.05) is 23.7 Å². The van der Waals surface area contributed by atoms with Crippen LogP contribution in [0.25, 0.3) is 0 Å². The fraction of sp³-hybridized carbons (Fsp3) is 0.0952. The Morgan fingerprint density at radius 3 is 2.17 bits per heavy atom. The van der Waals surface area contributed by atoms with Gasteiger partial charge >= 0.3 is 6.03 Å². The normalized spacial score (nSPS) is 10.2. The standard InChI is InChI=1S/C21H19ClN4O3S/c22-15-3-1-4-17(13-15)26-21(29)25-16-8-6-14(7-9-16)19(27)23-10-11-24-20(28)18-5-2-12-30-18/h1-9,12-13H,10-11H2,(H,23,27)(H,24,28)(H2,25,26,29). The first kappa shape index (κ1) is 21.4. The minimum absolute atomic E-state index is 0.161. The Morgan fingerprint density at radius 2 is 1.50 bits per heavy atom. The Labute approximate surface area is 182 Å². The zero-order valence-corrected chi connectivity index (χ0v) is 17.3. The van der Waals surface area contributed by atoms with Gasteiger partial charge in [0, 0.05) is 35.1 Å². The van der Waals surface area contributed by atoms with Crippen molar-refractivity contribution in [1.82, 2.24) is 10.6 Å². The number of carbonyl (C=O) groups is 3. The van der Waals surface area contributed by atoms with E-state index >= 15 is 0 Å². The zero-order valence-electron chi connectivity index (χ0n) is 15.8. The molecule has 0 aliphatic rings. The van der Waals surface area contributed by atoms with Crippen LogP contribution in [0.5, 0.6) is 0 Å². The summed E-state index contributed by atoms with van der Waals surface area (Å²) in [7, 11) is 0. The molecule has 0 spiro atoms. The maximum Gasteiger partial charge on any atom is 0.323 e. The molecule has 0 unspecified atom stereocenters. The summed E-state index contributed by atoms with van der Waals surface area (Å²) in [5.41, 5.74) is 1.55. The number of thiophene rings is 1. The summed E-state index contributed by atoms with van der Waals surface area (Å²) in [4.78, 5) is 36.7. The van der Waals surface area contributed by atoms with Crippen molar-refractivity contribution in [3.63, 3.8) is 0 Å². The maximum atomic E-state index is 12.2. The highest BCUT2D eigenvalue weighted by Gasteiger charge is 2.08. The molecule has 3 rings (SSSR count). The van der Waals surface area contributed by atoms with Gasteiger partial charge < -0.3 is 21.3 Å². The van der Waals surface area contributed by atoms with Crippen molar-refractivity contribution < 1.29 is 14.4 Å². The summed E-state index contributed by atoms with van der Waals surface area (Å²) < 4.78 is 0. The summed E-state index contributed by atoms with van der Waals surface area (Å²) in [6, 6.07) is 16.4. The molecule has 0 fully saturated rings. The molecule has 1 aromatic heterocycles. The van der Waals surface area contributed by atoms with Crippen LogP contribution in [0.2, 0.25) is 5.02 Å². The van der Waals surface area contributed by atoms with E-state index in [1.807, 2.05) is 5.38 Å². The van der Waals surface area contributed by atoms with E-state index in [0.29, 0.717) is 39.9 Å². The van der Waals surface area contributed by atoms with Crippen molar-refractivity contribution in [2.75, 3.05) is 23.7 Å². The number of hydrogen-bond donors (Lipinski definition) is 4. The molecular formula is C21H19ClN4O3S. The second kappa shape index (κ2) is 10.4. The van der Waals surface area contributed by atoms with Crippen LogP contribution < -0.4 is 21.3 Å². The second-order valence-electron chi connectivity index (χ2n) is 6.16. The third-order valence-electron chi connectivity index (χ3n) is 3.93. The topological polar surface area (TPSA) is 99.3 Å². The lowest BCUT2D eigenvalue weighted by molar-refractivity contribution is 0.0929. The number of nitrogens with one attached hydrogen (secondary N) is 4. The molecule has 0 bridgehead atoms. The zero-order chi connectivity index (χ0) is 21.3. The van der Waals surface area contributed by atoms with Crippen LogP contribution in [-0.2, 0) is 0 Å². The first-order valence-electron chi connectivity index (χ1n) is 9.05. The molecule has 0 aliphatic heterocycles. The third-order valence-corrected chi connectivity index (χ3v) is 5.03. The average Bonchev–Trinajstić information content (AvgIpc) is 3.26. The molecule has 0 radical (unpaired) electrons. The van der Waals surface area contributed by atoms with E-state index in [1.165, 1.54) is 11.3 Å². The molecule has 154 valence electrons. The lowest BCUT2D eigenvalue weighted by Gasteiger charge is -2.09. The lowest BCUT2D eigenvalue weighted by Crippen LogP contribution is -2.34. The molecule has 0 saturated heterocycles. The highest BCUT2D eigenvalue weighted by molar-refractivity contribution is 7.12. The van der Waals surface area contributed by atoms with Gasteiger partial charge in [-0.15, -0.1) is 11.3 Å². The SMILES string of the molecule is O=C(Nc1ccc(C(=O)NCCNC(=O)c2cccs2)cc1)Nc1cccc(Cl)c1. The van der Waals surface area contributed by atoms with E-state index in [-0.39, 0.29) is 11.8 Å². The first-order valence-corrected chi connectivity index (χ1v) is 10.3. The highest BCUT2D eigenvalue weighted by atomic mass is 35.5. The quantitative estimate of drug-likeness (QED) is 0.412. The van der Waals surface area contributed by atoms with Crippen molar-refractivity contribution in [3.05, 3.63) is 81.5 Å². The van der Waals surface area contributed by atoms with Crippen LogP contribution >= 0.6 is 22.9 Å². The summed E-state index contributed by atoms with van der Waals surface area (Å²) >= 11 is 7.25. The minimum Gasteiger partial charge on any atom is -0.350 e. The van der Waals surface area contributed by atoms with Crippen molar-refractivity contribution in [1.29, 1.82) is 0 Å². The van der Waals surface area contributed by atoms with Gasteiger partial charge in [-0.05, 0) is 53.9 Å². The third kappa shape index (κ3) is 6.33. The number of rotatable bonds is 7. The first-order chi connectivity index (χ1) is 14.5. The van der Waals surface area contributed by atoms with E-state index in [4.69, 9.17) is 11.6 Å². The van der Waals surface area contributed by atoms with E-state index in [1.54, 1.807) is 60.7 Å². The van der Waals surface area contributed by atoms with Gasteiger partial charge in [0.25, 0.3) is 11.8 Å². The van der Waals surface area contributed by atoms with Crippen LogP contribution in [0.15, 0.2) is 66.0 Å². The van der Waals surface area contributed by atoms with Gasteiger partial charge in [0.2, 0.25) is 0 Å². The molecule has 0 atom stereocenters. The second-order valence-corrected chi connectivity index (χ2v) is 7.54. The molecule has 30 heavy (non-hydrogen) atoms. The van der Waals surface area contributed by atoms with Crippen LogP contribution in [0.1, 0.15) is 20.0 Å². The molecule has 4 N–H and O–H groups in total. The van der Waals surface area contributed by atoms with E-state index in [0.717, 1.165) is 0 Å². The average molecular weight is 443 g/mol. The van der Waals surface area contributed by atoms with Gasteiger partial charge in [0.05, 0.1) is 4.88 Å². The largest absolute Gasteiger partial charge is 0.350 e. The van der Waals surface area contributed by atoms with Crippen molar-refractivity contribution in [3.8, 4) is 0 Å². The molecule has 0 saturated carbocycles. The number of hydrogen-bond acceptors (Lipinski definition) is 4. The van der Waals surface area contributed by atoms with Crippen LogP contribution in [-0.4, -0.2) is 30.9 Å². The molecule has 2 aromatic carbocycles. The number of carbonyl (C=O) groups excluding carboxylic acids is 3. The summed E-state index contributed by atoms with van der Waals surface area (Å²) in [6.07, 6.45) is 0. The van der Waals surface area contributed by atoms with Gasteiger partial charge in [-0.25, -0.2) is 4.79 Å². The fourth-order valence-electron chi connectivity index (χ4n) is 2.51. The smallest absolute Gasteiger partial charge is 0.323 e. The van der Waals surface area contributed by atoms with Gasteiger partial charge in [0.1, 0.15) is 0 Å². The van der Waals surface area contributed by atoms with Crippen LogP contribution in [0, 0.1) is 0 Å². The molecular weight excluding hydrogens is 424 g/mol. The van der Waals surface area contributed by atoms with Crippen molar-refractivity contribution in [2.45, 2.75) is 0 Å². The lowest BCUT2D eigenvalue weighted by atomic mass is 10.2. The minimum atomic E-state index is -0.420. The summed E-state index contributed by atoms with van der Waals surface area (Å²) in [5.74, 6) is -0.430. The predicted octanol–water partition coefficient (Wildman–Crippen LogP) is 4.21. The van der Waals surface area contributed by atoms with E-state index < -0.39 is 6.03 Å². The molecule has 0 aliphatic carbocycles. The Kier molecular flexibility index (Phi) is 7.42. The van der Waals surface area contributed by atoms with E-state index in [2.05, 4.69) is 21.3 Å². The Hall–Kier alpha value is -3.36. The van der Waals surface area contributed by atoms with Gasteiger partial charge in [-0.3, -0.25) is 9.59 Å². The fourth-order valence-corrected chi connectivity index (χ4v) is 3.34. The number of urea groups is 1. The molecule has 3 aromatic rings. The van der Waals surface area contributed by atoms with Crippen LogP contribution in [0.3, 0.4) is 0 Å². The monoisotopic (exact) mass is 442 g/mol. The van der Waals surface area contributed by atoms with Crippen molar-refractivity contribution >= 4 is 52.2 Å². The molecule has 4 amide bonds. The number of anilines is 2. The predicted molar refractivity (Wildman–Crippen MR) is 120 cm³/mol. The van der Waals surface area contributed by atoms with E-state index in [9.17, 15) is 14.4 Å².